The molecule has 1 saturated heterocycles. The summed E-state index contributed by atoms with van der Waals surface area (Å²) in [5, 5.41) is 10.5. The highest BCUT2D eigenvalue weighted by molar-refractivity contribution is 8.18. The lowest BCUT2D eigenvalue weighted by molar-refractivity contribution is -0.384. The van der Waals surface area contributed by atoms with Crippen molar-refractivity contribution in [2.75, 3.05) is 0 Å². The first-order valence-electron chi connectivity index (χ1n) is 9.75. The Balaban J connectivity index is 1.42. The van der Waals surface area contributed by atoms with Gasteiger partial charge in [-0.15, -0.1) is 0 Å². The third kappa shape index (κ3) is 5.04. The van der Waals surface area contributed by atoms with Crippen molar-refractivity contribution in [1.29, 1.82) is 0 Å². The van der Waals surface area contributed by atoms with Gasteiger partial charge in [0.15, 0.2) is 0 Å². The van der Waals surface area contributed by atoms with Crippen molar-refractivity contribution in [2.45, 2.75) is 13.2 Å². The molecule has 1 heterocycles. The molecule has 0 unspecified atom stereocenters. The molecule has 0 spiro atoms. The number of amides is 2. The Morgan fingerprint density at radius 3 is 2.38 bits per heavy atom. The predicted molar refractivity (Wildman–Crippen MR) is 122 cm³/mol. The summed E-state index contributed by atoms with van der Waals surface area (Å²) in [6, 6.07) is 23.0. The third-order valence-corrected chi connectivity index (χ3v) is 5.67. The van der Waals surface area contributed by atoms with E-state index in [0.29, 0.717) is 22.8 Å². The summed E-state index contributed by atoms with van der Waals surface area (Å²) in [6.45, 7) is 0.437. The fourth-order valence-electron chi connectivity index (χ4n) is 3.14. The van der Waals surface area contributed by atoms with Crippen LogP contribution in [0.3, 0.4) is 0 Å². The van der Waals surface area contributed by atoms with E-state index in [9.17, 15) is 19.7 Å². The number of nitro groups is 1. The van der Waals surface area contributed by atoms with E-state index in [2.05, 4.69) is 0 Å². The molecule has 0 N–H and O–H groups in total. The maximum absolute atomic E-state index is 12.7. The van der Waals surface area contributed by atoms with E-state index in [1.807, 2.05) is 54.6 Å². The van der Waals surface area contributed by atoms with Gasteiger partial charge in [0.05, 0.1) is 16.4 Å². The summed E-state index contributed by atoms with van der Waals surface area (Å²) < 4.78 is 5.76. The number of hydrogen-bond donors (Lipinski definition) is 0. The number of imide groups is 1. The molecule has 0 saturated carbocycles. The van der Waals surface area contributed by atoms with E-state index in [1.165, 1.54) is 18.2 Å². The fourth-order valence-corrected chi connectivity index (χ4v) is 3.98. The van der Waals surface area contributed by atoms with Crippen molar-refractivity contribution in [3.05, 3.63) is 111 Å². The second-order valence-electron chi connectivity index (χ2n) is 7.04. The van der Waals surface area contributed by atoms with Crippen molar-refractivity contribution < 1.29 is 19.2 Å². The number of rotatable bonds is 7. The molecule has 3 aromatic rings. The number of benzene rings is 3. The summed E-state index contributed by atoms with van der Waals surface area (Å²) in [7, 11) is 0. The maximum Gasteiger partial charge on any atom is 0.293 e. The Bertz CT molecular complexity index is 1190. The molecule has 0 radical (unpaired) electrons. The molecule has 1 fully saturated rings. The molecule has 7 nitrogen and oxygen atoms in total. The standard InChI is InChI=1S/C24H18N2O5S/c27-23-22(32-24(28)25(23)15-19-7-4-8-20(13-19)26(29)30)14-17-9-11-21(12-10-17)31-16-18-5-2-1-3-6-18/h1-14H,15-16H2/b22-14+. The molecule has 4 rings (SSSR count). The number of thioether (sulfide) groups is 1. The first kappa shape index (κ1) is 21.3. The minimum Gasteiger partial charge on any atom is -0.489 e. The van der Waals surface area contributed by atoms with Crippen molar-refractivity contribution in [2.24, 2.45) is 0 Å². The number of hydrogen-bond acceptors (Lipinski definition) is 6. The van der Waals surface area contributed by atoms with E-state index >= 15 is 0 Å². The molecule has 0 aliphatic carbocycles. The van der Waals surface area contributed by atoms with Gasteiger partial charge in [-0.05, 0) is 46.7 Å². The lowest BCUT2D eigenvalue weighted by atomic mass is 10.2. The SMILES string of the molecule is O=C1S/C(=C/c2ccc(OCc3ccccc3)cc2)C(=O)N1Cc1cccc([N+](=O)[O-])c1. The number of carbonyl (C=O) groups excluding carboxylic acids is 2. The van der Waals surface area contributed by atoms with Gasteiger partial charge in [0.25, 0.3) is 16.8 Å². The topological polar surface area (TPSA) is 89.8 Å². The molecule has 32 heavy (non-hydrogen) atoms. The first-order valence-corrected chi connectivity index (χ1v) is 10.6. The normalized spacial score (nSPS) is 14.8. The number of carbonyl (C=O) groups is 2. The van der Waals surface area contributed by atoms with Gasteiger partial charge < -0.3 is 4.74 Å². The summed E-state index contributed by atoms with van der Waals surface area (Å²) in [5.74, 6) is 0.278. The molecule has 2 amide bonds. The van der Waals surface area contributed by atoms with Crippen molar-refractivity contribution in [3.8, 4) is 5.75 Å². The van der Waals surface area contributed by atoms with E-state index < -0.39 is 16.1 Å². The van der Waals surface area contributed by atoms with Crippen LogP contribution in [0.25, 0.3) is 6.08 Å². The second kappa shape index (κ2) is 9.49. The van der Waals surface area contributed by atoms with Crippen LogP contribution < -0.4 is 4.74 Å². The van der Waals surface area contributed by atoms with Crippen molar-refractivity contribution in [3.63, 3.8) is 0 Å². The largest absolute Gasteiger partial charge is 0.489 e. The number of nitro benzene ring substituents is 1. The summed E-state index contributed by atoms with van der Waals surface area (Å²) in [6.07, 6.45) is 1.65. The number of nitrogens with zero attached hydrogens (tertiary/aromatic N) is 2. The lowest BCUT2D eigenvalue weighted by Crippen LogP contribution is -2.27. The zero-order valence-electron chi connectivity index (χ0n) is 16.8. The summed E-state index contributed by atoms with van der Waals surface area (Å²) >= 11 is 0.852. The third-order valence-electron chi connectivity index (χ3n) is 4.76. The quantitative estimate of drug-likeness (QED) is 0.274. The van der Waals surface area contributed by atoms with Crippen LogP contribution in [0.2, 0.25) is 0 Å². The van der Waals surface area contributed by atoms with Crippen LogP contribution in [0.5, 0.6) is 5.75 Å². The van der Waals surface area contributed by atoms with Gasteiger partial charge in [0, 0.05) is 12.1 Å². The van der Waals surface area contributed by atoms with Gasteiger partial charge in [-0.1, -0.05) is 54.6 Å². The minimum absolute atomic E-state index is 0.0179. The smallest absolute Gasteiger partial charge is 0.293 e. The van der Waals surface area contributed by atoms with Crippen LogP contribution in [0.1, 0.15) is 16.7 Å². The van der Waals surface area contributed by atoms with E-state index in [4.69, 9.17) is 4.74 Å². The van der Waals surface area contributed by atoms with Gasteiger partial charge in [0.2, 0.25) is 0 Å². The second-order valence-corrected chi connectivity index (χ2v) is 8.03. The Kier molecular flexibility index (Phi) is 6.32. The summed E-state index contributed by atoms with van der Waals surface area (Å²) in [4.78, 5) is 36.9. The van der Waals surface area contributed by atoms with Crippen LogP contribution in [0.4, 0.5) is 10.5 Å². The number of non-ortho nitro benzene ring substituents is 1. The fraction of sp³-hybridized carbons (Fsp3) is 0.0833. The summed E-state index contributed by atoms with van der Waals surface area (Å²) in [5.41, 5.74) is 2.26. The minimum atomic E-state index is -0.509. The Labute approximate surface area is 188 Å². The van der Waals surface area contributed by atoms with E-state index in [0.717, 1.165) is 27.8 Å². The average molecular weight is 446 g/mol. The molecule has 3 aromatic carbocycles. The molecule has 0 aromatic heterocycles. The van der Waals surface area contributed by atoms with Gasteiger partial charge in [0.1, 0.15) is 12.4 Å². The first-order chi connectivity index (χ1) is 15.5. The molecule has 0 bridgehead atoms. The number of ether oxygens (including phenoxy) is 1. The highest BCUT2D eigenvalue weighted by Crippen LogP contribution is 2.33. The molecule has 8 heteroatoms. The molecule has 1 aliphatic heterocycles. The van der Waals surface area contributed by atoms with Crippen LogP contribution >= 0.6 is 11.8 Å². The molecular weight excluding hydrogens is 428 g/mol. The average Bonchev–Trinajstić information content (AvgIpc) is 3.07. The van der Waals surface area contributed by atoms with E-state index in [-0.39, 0.29) is 12.2 Å². The van der Waals surface area contributed by atoms with Crippen LogP contribution in [0, 0.1) is 10.1 Å². The van der Waals surface area contributed by atoms with Gasteiger partial charge >= 0.3 is 0 Å². The lowest BCUT2D eigenvalue weighted by Gasteiger charge is -2.12. The highest BCUT2D eigenvalue weighted by atomic mass is 32.2. The van der Waals surface area contributed by atoms with Gasteiger partial charge in [-0.2, -0.15) is 0 Å². The van der Waals surface area contributed by atoms with E-state index in [1.54, 1.807) is 12.1 Å². The zero-order chi connectivity index (χ0) is 22.5. The van der Waals surface area contributed by atoms with Crippen LogP contribution in [0.15, 0.2) is 83.8 Å². The van der Waals surface area contributed by atoms with Crippen molar-refractivity contribution in [1.82, 2.24) is 4.90 Å². The van der Waals surface area contributed by atoms with Crippen LogP contribution in [-0.2, 0) is 17.9 Å². The van der Waals surface area contributed by atoms with Gasteiger partial charge in [-0.3, -0.25) is 24.6 Å². The highest BCUT2D eigenvalue weighted by Gasteiger charge is 2.35. The van der Waals surface area contributed by atoms with Crippen LogP contribution in [-0.4, -0.2) is 21.0 Å². The van der Waals surface area contributed by atoms with Crippen molar-refractivity contribution >= 4 is 34.7 Å². The molecule has 0 atom stereocenters. The Hall–Kier alpha value is -3.91. The Morgan fingerprint density at radius 1 is 0.938 bits per heavy atom. The Morgan fingerprint density at radius 2 is 1.66 bits per heavy atom. The molecular formula is C24H18N2O5S. The van der Waals surface area contributed by atoms with Gasteiger partial charge in [-0.25, -0.2) is 0 Å². The monoisotopic (exact) mass is 446 g/mol. The maximum atomic E-state index is 12.7. The predicted octanol–water partition coefficient (Wildman–Crippen LogP) is 5.41. The molecule has 1 aliphatic rings. The zero-order valence-corrected chi connectivity index (χ0v) is 17.7. The molecule has 160 valence electrons.